The Morgan fingerprint density at radius 3 is 2.42 bits per heavy atom. The van der Waals surface area contributed by atoms with Crippen LogP contribution in [-0.2, 0) is 11.3 Å². The standard InChI is InChI=1S/C28H33N3O2/c1-19-14-15-23(16-20(19)2)31-26(32)25-17-21-10-8-9-13-24(21)30(25)18-28(31,3)27(33)29-22-11-6-4-5-7-12-22/h8-10,13-17,22H,4-7,11-12,18H2,1-3H3,(H,29,33)/t28-/m1/s1. The predicted octanol–water partition coefficient (Wildman–Crippen LogP) is 5.52. The van der Waals surface area contributed by atoms with Crippen molar-refractivity contribution in [3.63, 3.8) is 0 Å². The average Bonchev–Trinajstić information content (AvgIpc) is 2.97. The van der Waals surface area contributed by atoms with Crippen LogP contribution in [0.25, 0.3) is 10.9 Å². The van der Waals surface area contributed by atoms with Gasteiger partial charge in [-0.05, 0) is 69.0 Å². The third kappa shape index (κ3) is 3.73. The molecule has 0 unspecified atom stereocenters. The summed E-state index contributed by atoms with van der Waals surface area (Å²) in [5.74, 6) is -0.191. The molecule has 3 aromatic rings. The second kappa shape index (κ2) is 8.36. The maximum Gasteiger partial charge on any atom is 0.275 e. The zero-order valence-corrected chi connectivity index (χ0v) is 19.9. The number of aromatic nitrogens is 1. The van der Waals surface area contributed by atoms with Crippen LogP contribution < -0.4 is 10.2 Å². The topological polar surface area (TPSA) is 54.3 Å². The molecule has 1 aliphatic carbocycles. The Balaban J connectivity index is 1.60. The van der Waals surface area contributed by atoms with E-state index in [-0.39, 0.29) is 17.9 Å². The number of aryl methyl sites for hydroxylation is 2. The van der Waals surface area contributed by atoms with Crippen molar-refractivity contribution >= 4 is 28.4 Å². The summed E-state index contributed by atoms with van der Waals surface area (Å²) in [5, 5.41) is 4.36. The lowest BCUT2D eigenvalue weighted by atomic mass is 9.92. The molecule has 1 fully saturated rings. The van der Waals surface area contributed by atoms with Crippen molar-refractivity contribution in [2.45, 2.75) is 77.4 Å². The van der Waals surface area contributed by atoms with Crippen LogP contribution in [0.15, 0.2) is 48.5 Å². The van der Waals surface area contributed by atoms with Gasteiger partial charge in [0.1, 0.15) is 11.2 Å². The van der Waals surface area contributed by atoms with Crippen molar-refractivity contribution in [2.24, 2.45) is 0 Å². The van der Waals surface area contributed by atoms with E-state index in [0.29, 0.717) is 12.2 Å². The van der Waals surface area contributed by atoms with E-state index in [1.807, 2.05) is 66.9 Å². The summed E-state index contributed by atoms with van der Waals surface area (Å²) in [7, 11) is 0. The number of benzene rings is 2. The summed E-state index contributed by atoms with van der Waals surface area (Å²) in [6.07, 6.45) is 6.78. The van der Waals surface area contributed by atoms with Crippen LogP contribution in [0, 0.1) is 13.8 Å². The third-order valence-corrected chi connectivity index (χ3v) is 7.62. The van der Waals surface area contributed by atoms with E-state index in [1.165, 1.54) is 18.4 Å². The molecule has 2 aromatic carbocycles. The molecule has 2 aliphatic rings. The lowest BCUT2D eigenvalue weighted by molar-refractivity contribution is -0.127. The molecule has 0 radical (unpaired) electrons. The molecule has 2 amide bonds. The fourth-order valence-electron chi connectivity index (χ4n) is 5.48. The van der Waals surface area contributed by atoms with E-state index >= 15 is 0 Å². The van der Waals surface area contributed by atoms with Gasteiger partial charge < -0.3 is 9.88 Å². The molecule has 1 saturated carbocycles. The number of hydrogen-bond acceptors (Lipinski definition) is 2. The number of nitrogens with zero attached hydrogens (tertiary/aromatic N) is 2. The minimum absolute atomic E-state index is 0.0654. The maximum absolute atomic E-state index is 14.0. The van der Waals surface area contributed by atoms with Gasteiger partial charge in [-0.3, -0.25) is 14.5 Å². The Kier molecular flexibility index (Phi) is 5.51. The lowest BCUT2D eigenvalue weighted by Gasteiger charge is -2.44. The number of rotatable bonds is 3. The minimum atomic E-state index is -1.03. The molecular weight excluding hydrogens is 410 g/mol. The normalized spacial score (nSPS) is 21.7. The first kappa shape index (κ1) is 21.7. The summed E-state index contributed by atoms with van der Waals surface area (Å²) in [6, 6.07) is 16.2. The van der Waals surface area contributed by atoms with Gasteiger partial charge in [0.15, 0.2) is 0 Å². The molecule has 0 spiro atoms. The van der Waals surface area contributed by atoms with E-state index in [1.54, 1.807) is 4.90 Å². The zero-order valence-electron chi connectivity index (χ0n) is 19.9. The van der Waals surface area contributed by atoms with E-state index in [4.69, 9.17) is 0 Å². The van der Waals surface area contributed by atoms with Gasteiger partial charge in [0.25, 0.3) is 5.91 Å². The molecule has 1 aliphatic heterocycles. The Morgan fingerprint density at radius 2 is 1.70 bits per heavy atom. The number of amides is 2. The SMILES string of the molecule is Cc1ccc(N2C(=O)c3cc4ccccc4n3C[C@]2(C)C(=O)NC2CCCCCC2)cc1C. The first-order valence-electron chi connectivity index (χ1n) is 12.2. The Hall–Kier alpha value is -3.08. The lowest BCUT2D eigenvalue weighted by Crippen LogP contribution is -2.65. The highest BCUT2D eigenvalue weighted by atomic mass is 16.2. The number of carbonyl (C=O) groups excluding carboxylic acids is 2. The number of carbonyl (C=O) groups is 2. The molecule has 5 nitrogen and oxygen atoms in total. The summed E-state index contributed by atoms with van der Waals surface area (Å²) >= 11 is 0. The summed E-state index contributed by atoms with van der Waals surface area (Å²) in [6.45, 7) is 6.46. The molecular formula is C28H33N3O2. The monoisotopic (exact) mass is 443 g/mol. The average molecular weight is 444 g/mol. The number of fused-ring (bicyclic) bond motifs is 3. The smallest absolute Gasteiger partial charge is 0.275 e. The highest BCUT2D eigenvalue weighted by molar-refractivity contribution is 6.14. The van der Waals surface area contributed by atoms with Crippen molar-refractivity contribution < 1.29 is 9.59 Å². The maximum atomic E-state index is 14.0. The summed E-state index contributed by atoms with van der Waals surface area (Å²) < 4.78 is 2.03. The second-order valence-corrected chi connectivity index (χ2v) is 10.0. The number of nitrogens with one attached hydrogen (secondary N) is 1. The quantitative estimate of drug-likeness (QED) is 0.542. The van der Waals surface area contributed by atoms with Gasteiger partial charge in [-0.1, -0.05) is 49.9 Å². The van der Waals surface area contributed by atoms with Gasteiger partial charge in [0.05, 0.1) is 6.54 Å². The summed E-state index contributed by atoms with van der Waals surface area (Å²) in [4.78, 5) is 29.6. The first-order chi connectivity index (χ1) is 15.9. The molecule has 5 heteroatoms. The highest BCUT2D eigenvalue weighted by Gasteiger charge is 2.49. The second-order valence-electron chi connectivity index (χ2n) is 10.0. The third-order valence-electron chi connectivity index (χ3n) is 7.62. The zero-order chi connectivity index (χ0) is 23.2. The summed E-state index contributed by atoms with van der Waals surface area (Å²) in [5.41, 5.74) is 3.65. The van der Waals surface area contributed by atoms with Crippen molar-refractivity contribution in [1.29, 1.82) is 0 Å². The first-order valence-corrected chi connectivity index (χ1v) is 12.2. The minimum Gasteiger partial charge on any atom is -0.351 e. The number of anilines is 1. The number of para-hydroxylation sites is 1. The van der Waals surface area contributed by atoms with E-state index in [9.17, 15) is 9.59 Å². The Labute approximate surface area is 195 Å². The van der Waals surface area contributed by atoms with Crippen LogP contribution in [-0.4, -0.2) is 28.0 Å². The molecule has 2 heterocycles. The fraction of sp³-hybridized carbons (Fsp3) is 0.429. The van der Waals surface area contributed by atoms with Gasteiger partial charge in [0, 0.05) is 22.6 Å². The van der Waals surface area contributed by atoms with Crippen LogP contribution in [0.5, 0.6) is 0 Å². The Bertz CT molecular complexity index is 1220. The van der Waals surface area contributed by atoms with Crippen molar-refractivity contribution in [1.82, 2.24) is 9.88 Å². The van der Waals surface area contributed by atoms with Gasteiger partial charge in [0.2, 0.25) is 5.91 Å². The predicted molar refractivity (Wildman–Crippen MR) is 133 cm³/mol. The van der Waals surface area contributed by atoms with Crippen molar-refractivity contribution in [3.8, 4) is 0 Å². The fourth-order valence-corrected chi connectivity index (χ4v) is 5.48. The van der Waals surface area contributed by atoms with Crippen molar-refractivity contribution in [3.05, 3.63) is 65.4 Å². The molecule has 5 rings (SSSR count). The highest BCUT2D eigenvalue weighted by Crippen LogP contribution is 2.36. The molecule has 1 atom stereocenters. The van der Waals surface area contributed by atoms with Crippen molar-refractivity contribution in [2.75, 3.05) is 4.90 Å². The molecule has 0 saturated heterocycles. The van der Waals surface area contributed by atoms with Gasteiger partial charge in [-0.25, -0.2) is 0 Å². The van der Waals surface area contributed by atoms with Crippen LogP contribution in [0.2, 0.25) is 0 Å². The number of hydrogen-bond donors (Lipinski definition) is 1. The molecule has 0 bridgehead atoms. The molecule has 1 N–H and O–H groups in total. The molecule has 33 heavy (non-hydrogen) atoms. The van der Waals surface area contributed by atoms with Gasteiger partial charge >= 0.3 is 0 Å². The van der Waals surface area contributed by atoms with E-state index < -0.39 is 5.54 Å². The van der Waals surface area contributed by atoms with E-state index in [2.05, 4.69) is 12.2 Å². The van der Waals surface area contributed by atoms with Crippen LogP contribution in [0.1, 0.15) is 67.1 Å². The Morgan fingerprint density at radius 1 is 0.970 bits per heavy atom. The van der Waals surface area contributed by atoms with Gasteiger partial charge in [-0.15, -0.1) is 0 Å². The molecule has 172 valence electrons. The molecule has 1 aromatic heterocycles. The van der Waals surface area contributed by atoms with E-state index in [0.717, 1.165) is 47.8 Å². The largest absolute Gasteiger partial charge is 0.351 e. The van der Waals surface area contributed by atoms with Crippen LogP contribution in [0.4, 0.5) is 5.69 Å². The van der Waals surface area contributed by atoms with Crippen LogP contribution >= 0.6 is 0 Å². The van der Waals surface area contributed by atoms with Crippen LogP contribution in [0.3, 0.4) is 0 Å². The van der Waals surface area contributed by atoms with Gasteiger partial charge in [-0.2, -0.15) is 0 Å².